The second-order valence-electron chi connectivity index (χ2n) is 7.21. The van der Waals surface area contributed by atoms with Gasteiger partial charge in [-0.2, -0.15) is 0 Å². The average Bonchev–Trinajstić information content (AvgIpc) is 2.84. The molecule has 1 saturated heterocycles. The summed E-state index contributed by atoms with van der Waals surface area (Å²) in [5.41, 5.74) is 0.584. The van der Waals surface area contributed by atoms with Crippen LogP contribution in [0.5, 0.6) is 0 Å². The molecule has 2 unspecified atom stereocenters. The Hall–Kier alpha value is -0.0800. The molecule has 112 valence electrons. The van der Waals surface area contributed by atoms with Crippen LogP contribution in [0.2, 0.25) is 0 Å². The van der Waals surface area contributed by atoms with Gasteiger partial charge in [0.25, 0.3) is 0 Å². The van der Waals surface area contributed by atoms with Crippen LogP contribution in [0.3, 0.4) is 0 Å². The molecule has 2 rings (SSSR count). The first-order valence-electron chi connectivity index (χ1n) is 8.62. The lowest BCUT2D eigenvalue weighted by molar-refractivity contribution is 0.0606. The van der Waals surface area contributed by atoms with E-state index >= 15 is 0 Å². The zero-order valence-electron chi connectivity index (χ0n) is 13.4. The maximum atomic E-state index is 3.71. The van der Waals surface area contributed by atoms with Gasteiger partial charge in [-0.05, 0) is 63.5 Å². The van der Waals surface area contributed by atoms with Crippen molar-refractivity contribution in [3.8, 4) is 0 Å². The molecule has 1 heterocycles. The maximum absolute atomic E-state index is 3.71. The summed E-state index contributed by atoms with van der Waals surface area (Å²) in [5, 5.41) is 3.71. The molecular formula is C17H34N2. The summed E-state index contributed by atoms with van der Waals surface area (Å²) < 4.78 is 0. The van der Waals surface area contributed by atoms with Crippen LogP contribution in [-0.4, -0.2) is 37.1 Å². The zero-order valence-corrected chi connectivity index (χ0v) is 13.4. The van der Waals surface area contributed by atoms with Gasteiger partial charge in [0.1, 0.15) is 0 Å². The Morgan fingerprint density at radius 2 is 1.89 bits per heavy atom. The van der Waals surface area contributed by atoms with E-state index < -0.39 is 0 Å². The molecule has 0 bridgehead atoms. The van der Waals surface area contributed by atoms with E-state index in [9.17, 15) is 0 Å². The second kappa shape index (κ2) is 7.08. The summed E-state index contributed by atoms with van der Waals surface area (Å²) in [4.78, 5) is 2.80. The van der Waals surface area contributed by atoms with Crippen molar-refractivity contribution in [2.45, 2.75) is 71.8 Å². The van der Waals surface area contributed by atoms with Crippen LogP contribution in [0, 0.1) is 11.3 Å². The molecule has 2 atom stereocenters. The van der Waals surface area contributed by atoms with Gasteiger partial charge in [-0.25, -0.2) is 0 Å². The molecular weight excluding hydrogens is 232 g/mol. The van der Waals surface area contributed by atoms with Gasteiger partial charge in [0, 0.05) is 19.1 Å². The van der Waals surface area contributed by atoms with Crippen molar-refractivity contribution in [1.29, 1.82) is 0 Å². The number of hydrogen-bond acceptors (Lipinski definition) is 2. The van der Waals surface area contributed by atoms with E-state index in [2.05, 4.69) is 31.0 Å². The molecule has 1 aliphatic carbocycles. The Morgan fingerprint density at radius 1 is 1.16 bits per heavy atom. The quantitative estimate of drug-likeness (QED) is 0.738. The predicted octanol–water partition coefficient (Wildman–Crippen LogP) is 3.67. The second-order valence-corrected chi connectivity index (χ2v) is 7.21. The highest BCUT2D eigenvalue weighted by Crippen LogP contribution is 2.40. The first kappa shape index (κ1) is 15.3. The standard InChI is InChI=1S/C17H34N2/c1-4-11-18-13-17(9-5-6-10-17)14-19-12-7-8-15(2)16(19)3/h15-16,18H,4-14H2,1-3H3. The van der Waals surface area contributed by atoms with Gasteiger partial charge in [0.05, 0.1) is 0 Å². The van der Waals surface area contributed by atoms with Gasteiger partial charge >= 0.3 is 0 Å². The summed E-state index contributed by atoms with van der Waals surface area (Å²) in [5.74, 6) is 0.885. The van der Waals surface area contributed by atoms with Crippen molar-refractivity contribution in [1.82, 2.24) is 10.2 Å². The topological polar surface area (TPSA) is 15.3 Å². The minimum Gasteiger partial charge on any atom is -0.316 e. The fraction of sp³-hybridized carbons (Fsp3) is 1.00. The molecule has 0 aromatic heterocycles. The molecule has 2 aliphatic rings. The molecule has 1 N–H and O–H groups in total. The van der Waals surface area contributed by atoms with E-state index in [-0.39, 0.29) is 0 Å². The lowest BCUT2D eigenvalue weighted by Crippen LogP contribution is -2.50. The molecule has 0 amide bonds. The minimum absolute atomic E-state index is 0.584. The van der Waals surface area contributed by atoms with E-state index in [1.54, 1.807) is 0 Å². The summed E-state index contributed by atoms with van der Waals surface area (Å²) >= 11 is 0. The molecule has 1 aliphatic heterocycles. The fourth-order valence-corrected chi connectivity index (χ4v) is 4.12. The van der Waals surface area contributed by atoms with E-state index in [1.165, 1.54) is 71.1 Å². The van der Waals surface area contributed by atoms with Gasteiger partial charge in [-0.15, -0.1) is 0 Å². The van der Waals surface area contributed by atoms with Crippen molar-refractivity contribution in [2.75, 3.05) is 26.2 Å². The summed E-state index contributed by atoms with van der Waals surface area (Å²) in [7, 11) is 0. The average molecular weight is 266 g/mol. The molecule has 0 spiro atoms. The third-order valence-corrected chi connectivity index (χ3v) is 5.63. The van der Waals surface area contributed by atoms with Gasteiger partial charge < -0.3 is 5.32 Å². The van der Waals surface area contributed by atoms with Gasteiger partial charge in [-0.1, -0.05) is 26.7 Å². The van der Waals surface area contributed by atoms with Crippen molar-refractivity contribution >= 4 is 0 Å². The molecule has 2 fully saturated rings. The Bertz CT molecular complexity index is 258. The summed E-state index contributed by atoms with van der Waals surface area (Å²) in [6.07, 6.45) is 9.88. The minimum atomic E-state index is 0.584. The van der Waals surface area contributed by atoms with Crippen molar-refractivity contribution < 1.29 is 0 Å². The van der Waals surface area contributed by atoms with E-state index in [0.717, 1.165) is 12.0 Å². The predicted molar refractivity (Wildman–Crippen MR) is 83.5 cm³/mol. The summed E-state index contributed by atoms with van der Waals surface area (Å²) in [6, 6.07) is 0.789. The van der Waals surface area contributed by atoms with Gasteiger partial charge in [0.2, 0.25) is 0 Å². The Kier molecular flexibility index (Phi) is 5.70. The normalized spacial score (nSPS) is 31.7. The number of likely N-dealkylation sites (tertiary alicyclic amines) is 1. The van der Waals surface area contributed by atoms with Gasteiger partial charge in [0.15, 0.2) is 0 Å². The van der Waals surface area contributed by atoms with E-state index in [1.807, 2.05) is 0 Å². The van der Waals surface area contributed by atoms with Crippen molar-refractivity contribution in [3.63, 3.8) is 0 Å². The molecule has 0 aromatic carbocycles. The third-order valence-electron chi connectivity index (χ3n) is 5.63. The molecule has 0 radical (unpaired) electrons. The van der Waals surface area contributed by atoms with Crippen LogP contribution in [0.25, 0.3) is 0 Å². The lowest BCUT2D eigenvalue weighted by atomic mass is 9.82. The Balaban J connectivity index is 1.91. The highest BCUT2D eigenvalue weighted by molar-refractivity contribution is 4.92. The van der Waals surface area contributed by atoms with Crippen LogP contribution in [0.4, 0.5) is 0 Å². The molecule has 2 nitrogen and oxygen atoms in total. The maximum Gasteiger partial charge on any atom is 0.00928 e. The largest absolute Gasteiger partial charge is 0.316 e. The third kappa shape index (κ3) is 3.95. The number of nitrogens with one attached hydrogen (secondary N) is 1. The highest BCUT2D eigenvalue weighted by Gasteiger charge is 2.37. The molecule has 2 heteroatoms. The van der Waals surface area contributed by atoms with Crippen LogP contribution in [0.1, 0.15) is 65.7 Å². The van der Waals surface area contributed by atoms with Crippen LogP contribution in [0.15, 0.2) is 0 Å². The molecule has 0 aromatic rings. The highest BCUT2D eigenvalue weighted by atomic mass is 15.2. The molecule has 19 heavy (non-hydrogen) atoms. The Labute approximate surface area is 120 Å². The first-order valence-corrected chi connectivity index (χ1v) is 8.62. The number of rotatable bonds is 6. The van der Waals surface area contributed by atoms with Crippen LogP contribution >= 0.6 is 0 Å². The van der Waals surface area contributed by atoms with E-state index in [4.69, 9.17) is 0 Å². The number of nitrogens with zero attached hydrogens (tertiary/aromatic N) is 1. The first-order chi connectivity index (χ1) is 9.17. The molecule has 1 saturated carbocycles. The van der Waals surface area contributed by atoms with E-state index in [0.29, 0.717) is 5.41 Å². The Morgan fingerprint density at radius 3 is 2.58 bits per heavy atom. The number of piperidine rings is 1. The SMILES string of the molecule is CCCNCC1(CN2CCCC(C)C2C)CCCC1. The van der Waals surface area contributed by atoms with Gasteiger partial charge in [-0.3, -0.25) is 4.90 Å². The summed E-state index contributed by atoms with van der Waals surface area (Å²) in [6.45, 7) is 12.3. The smallest absolute Gasteiger partial charge is 0.00928 e. The number of hydrogen-bond donors (Lipinski definition) is 1. The van der Waals surface area contributed by atoms with Crippen LogP contribution < -0.4 is 5.32 Å². The van der Waals surface area contributed by atoms with Crippen molar-refractivity contribution in [2.24, 2.45) is 11.3 Å². The fourth-order valence-electron chi connectivity index (χ4n) is 4.12. The lowest BCUT2D eigenvalue weighted by Gasteiger charge is -2.43. The zero-order chi connectivity index (χ0) is 13.7. The monoisotopic (exact) mass is 266 g/mol. The van der Waals surface area contributed by atoms with Crippen molar-refractivity contribution in [3.05, 3.63) is 0 Å². The van der Waals surface area contributed by atoms with Crippen LogP contribution in [-0.2, 0) is 0 Å².